The van der Waals surface area contributed by atoms with Gasteiger partial charge in [0.15, 0.2) is 23.1 Å². The lowest BCUT2D eigenvalue weighted by Crippen LogP contribution is -2.69. The number of nitrogens with zero attached hydrogens (tertiary/aromatic N) is 1. The van der Waals surface area contributed by atoms with Gasteiger partial charge in [0.25, 0.3) is 0 Å². The van der Waals surface area contributed by atoms with Crippen LogP contribution in [0.2, 0.25) is 0 Å². The van der Waals surface area contributed by atoms with E-state index in [1.165, 1.54) is 17.7 Å². The van der Waals surface area contributed by atoms with Crippen LogP contribution in [0, 0.1) is 28.6 Å². The van der Waals surface area contributed by atoms with Crippen LogP contribution in [0.5, 0.6) is 0 Å². The Bertz CT molecular complexity index is 1270. The van der Waals surface area contributed by atoms with Crippen molar-refractivity contribution in [2.75, 3.05) is 19.2 Å². The number of carbonyl (C=O) groups is 2. The van der Waals surface area contributed by atoms with Gasteiger partial charge in [0.1, 0.15) is 5.83 Å². The fourth-order valence-electron chi connectivity index (χ4n) is 9.03. The summed E-state index contributed by atoms with van der Waals surface area (Å²) >= 11 is 5.84. The molecule has 6 nitrogen and oxygen atoms in total. The third-order valence-electron chi connectivity index (χ3n) is 10.9. The molecule has 9 heteroatoms. The Morgan fingerprint density at radius 1 is 1.25 bits per heavy atom. The van der Waals surface area contributed by atoms with Crippen molar-refractivity contribution in [2.45, 2.75) is 69.7 Å². The van der Waals surface area contributed by atoms with E-state index in [-0.39, 0.29) is 42.6 Å². The predicted octanol–water partition coefficient (Wildman–Crippen LogP) is 5.24. The number of aliphatic hydroxyl groups is 1. The normalized spacial score (nSPS) is 42.3. The number of ketones is 1. The average Bonchev–Trinajstić information content (AvgIpc) is 3.40. The summed E-state index contributed by atoms with van der Waals surface area (Å²) in [6.07, 6.45) is 2.81. The van der Waals surface area contributed by atoms with Gasteiger partial charge in [-0.25, -0.2) is 13.6 Å². The van der Waals surface area contributed by atoms with Gasteiger partial charge < -0.3 is 9.84 Å². The number of halogens is 3. The van der Waals surface area contributed by atoms with E-state index < -0.39 is 51.8 Å². The first kappa shape index (κ1) is 28.0. The second-order valence-corrected chi connectivity index (χ2v) is 12.9. The molecule has 40 heavy (non-hydrogen) atoms. The van der Waals surface area contributed by atoms with Gasteiger partial charge in [-0.3, -0.25) is 9.63 Å². The Balaban J connectivity index is 1.33. The van der Waals surface area contributed by atoms with Gasteiger partial charge >= 0.3 is 5.97 Å². The zero-order valence-corrected chi connectivity index (χ0v) is 23.6. The van der Waals surface area contributed by atoms with E-state index in [2.05, 4.69) is 12.1 Å². The summed E-state index contributed by atoms with van der Waals surface area (Å²) < 4.78 is 38.6. The summed E-state index contributed by atoms with van der Waals surface area (Å²) in [5.74, 6) is -3.10. The van der Waals surface area contributed by atoms with Crippen molar-refractivity contribution in [3.63, 3.8) is 0 Å². The molecule has 5 aliphatic rings. The number of ether oxygens (including phenoxy) is 1. The topological polar surface area (TPSA) is 76.1 Å². The number of carbonyl (C=O) groups excluding carboxylic acids is 2. The minimum atomic E-state index is -2.20. The van der Waals surface area contributed by atoms with E-state index in [0.29, 0.717) is 19.5 Å². The summed E-state index contributed by atoms with van der Waals surface area (Å²) in [5, 5.41) is 13.4. The molecule has 1 saturated heterocycles. The zero-order valence-electron chi connectivity index (χ0n) is 22.9. The molecule has 0 amide bonds. The third kappa shape index (κ3) is 3.68. The number of fused-ring (bicyclic) bond motifs is 7. The molecule has 0 bridgehead atoms. The number of rotatable bonds is 6. The van der Waals surface area contributed by atoms with Gasteiger partial charge in [-0.2, -0.15) is 5.06 Å². The predicted molar refractivity (Wildman–Crippen MR) is 144 cm³/mol. The van der Waals surface area contributed by atoms with Gasteiger partial charge in [-0.1, -0.05) is 54.9 Å². The maximum atomic E-state index is 17.5. The molecule has 216 valence electrons. The van der Waals surface area contributed by atoms with Crippen molar-refractivity contribution in [3.05, 3.63) is 59.4 Å². The summed E-state index contributed by atoms with van der Waals surface area (Å²) in [5.41, 5.74) is -4.83. The highest BCUT2D eigenvalue weighted by molar-refractivity contribution is 6.17. The van der Waals surface area contributed by atoms with E-state index in [1.54, 1.807) is 12.0 Å². The SMILES string of the molecule is C[C@]12C=CC(=O)CC1=C(F)C[C@H]1[C@@H]3C[C@H]4CN(CCCc5ccccc5)O[C@@]4(C(=O)OCCl)[C@@]3(C)C[C@H](O)[C@@]12F. The van der Waals surface area contributed by atoms with Crippen molar-refractivity contribution in [3.8, 4) is 0 Å². The lowest BCUT2D eigenvalue weighted by molar-refractivity contribution is -0.272. The van der Waals surface area contributed by atoms with Crippen molar-refractivity contribution >= 4 is 23.4 Å². The molecule has 0 unspecified atom stereocenters. The first-order valence-electron chi connectivity index (χ1n) is 14.2. The summed E-state index contributed by atoms with van der Waals surface area (Å²) in [7, 11) is 0. The Kier molecular flexibility index (Phi) is 6.81. The molecule has 1 aromatic carbocycles. The number of alkyl halides is 2. The van der Waals surface area contributed by atoms with Crippen molar-refractivity contribution < 1.29 is 33.1 Å². The highest BCUT2D eigenvalue weighted by Gasteiger charge is 2.80. The molecule has 1 aliphatic heterocycles. The second kappa shape index (κ2) is 9.72. The van der Waals surface area contributed by atoms with Crippen molar-refractivity contribution in [2.24, 2.45) is 28.6 Å². The molecule has 0 aromatic heterocycles. The molecule has 2 saturated carbocycles. The van der Waals surface area contributed by atoms with Crippen LogP contribution in [0.4, 0.5) is 8.78 Å². The van der Waals surface area contributed by atoms with Crippen LogP contribution in [-0.4, -0.2) is 58.5 Å². The highest BCUT2D eigenvalue weighted by atomic mass is 35.5. The van der Waals surface area contributed by atoms with E-state index in [4.69, 9.17) is 21.2 Å². The standard InChI is InChI=1S/C31H36ClF2NO5/c1-28-11-10-21(36)14-24(28)25(33)15-23-22-13-20-17-35(12-6-9-19-7-4-3-5-8-19)40-31(20,27(38)39-18-32)29(22,2)16-26(37)30(23,28)34/h3-5,7-8,10-11,20,22-23,26,37H,6,9,12-18H2,1-2H3/t20-,22-,23-,26-,28-,29-,30-,31-/m0/s1. The van der Waals surface area contributed by atoms with Crippen LogP contribution in [-0.2, 0) is 25.6 Å². The third-order valence-corrected chi connectivity index (χ3v) is 11.0. The molecular formula is C31H36ClF2NO5. The second-order valence-electron chi connectivity index (χ2n) is 12.7. The van der Waals surface area contributed by atoms with Gasteiger partial charge in [0, 0.05) is 48.6 Å². The smallest absolute Gasteiger partial charge is 0.342 e. The molecule has 1 aromatic rings. The fourth-order valence-corrected chi connectivity index (χ4v) is 9.13. The summed E-state index contributed by atoms with van der Waals surface area (Å²) in [4.78, 5) is 32.4. The maximum absolute atomic E-state index is 17.5. The Labute approximate surface area is 238 Å². The molecule has 0 radical (unpaired) electrons. The highest BCUT2D eigenvalue weighted by Crippen LogP contribution is 2.72. The minimum Gasteiger partial charge on any atom is -0.447 e. The first-order chi connectivity index (χ1) is 19.0. The van der Waals surface area contributed by atoms with E-state index >= 15 is 8.78 Å². The fraction of sp³-hybridized carbons (Fsp3) is 0.613. The Morgan fingerprint density at radius 2 is 2.00 bits per heavy atom. The Hall–Kier alpha value is -2.13. The summed E-state index contributed by atoms with van der Waals surface area (Å²) in [6, 6.07) is 9.74. The average molecular weight is 576 g/mol. The van der Waals surface area contributed by atoms with E-state index in [1.807, 2.05) is 25.1 Å². The lowest BCUT2D eigenvalue weighted by Gasteiger charge is -2.62. The van der Waals surface area contributed by atoms with Crippen LogP contribution in [0.1, 0.15) is 51.5 Å². The number of allylic oxidation sites excluding steroid dienone is 4. The van der Waals surface area contributed by atoms with Crippen LogP contribution in [0.25, 0.3) is 0 Å². The quantitative estimate of drug-likeness (QED) is 0.369. The van der Waals surface area contributed by atoms with Gasteiger partial charge in [0.2, 0.25) is 0 Å². The monoisotopic (exact) mass is 575 g/mol. The molecular weight excluding hydrogens is 540 g/mol. The van der Waals surface area contributed by atoms with Crippen molar-refractivity contribution in [1.29, 1.82) is 0 Å². The molecule has 1 N–H and O–H groups in total. The maximum Gasteiger partial charge on any atom is 0.342 e. The van der Waals surface area contributed by atoms with Crippen LogP contribution in [0.3, 0.4) is 0 Å². The zero-order chi connectivity index (χ0) is 28.5. The number of esters is 1. The van der Waals surface area contributed by atoms with Crippen LogP contribution >= 0.6 is 11.6 Å². The molecule has 3 fully saturated rings. The largest absolute Gasteiger partial charge is 0.447 e. The first-order valence-corrected chi connectivity index (χ1v) is 14.7. The molecule has 6 rings (SSSR count). The Morgan fingerprint density at radius 3 is 2.73 bits per heavy atom. The molecule has 0 spiro atoms. The van der Waals surface area contributed by atoms with Crippen LogP contribution < -0.4 is 0 Å². The van der Waals surface area contributed by atoms with Crippen LogP contribution in [0.15, 0.2) is 53.9 Å². The number of aryl methyl sites for hydroxylation is 1. The molecule has 4 aliphatic carbocycles. The minimum absolute atomic E-state index is 0.0668. The number of hydrogen-bond acceptors (Lipinski definition) is 6. The number of hydrogen-bond donors (Lipinski definition) is 1. The van der Waals surface area contributed by atoms with E-state index in [9.17, 15) is 14.7 Å². The number of benzene rings is 1. The van der Waals surface area contributed by atoms with E-state index in [0.717, 1.165) is 12.8 Å². The lowest BCUT2D eigenvalue weighted by atomic mass is 9.45. The van der Waals surface area contributed by atoms with Gasteiger partial charge in [0.05, 0.1) is 6.10 Å². The molecule has 8 atom stereocenters. The number of hydroxylamine groups is 2. The van der Waals surface area contributed by atoms with Gasteiger partial charge in [-0.15, -0.1) is 0 Å². The van der Waals surface area contributed by atoms with Gasteiger partial charge in [-0.05, 0) is 55.7 Å². The van der Waals surface area contributed by atoms with Crippen molar-refractivity contribution in [1.82, 2.24) is 5.06 Å². The number of aliphatic hydroxyl groups excluding tert-OH is 1. The molecule has 1 heterocycles. The summed E-state index contributed by atoms with van der Waals surface area (Å²) in [6.45, 7) is 4.46.